The number of benzene rings is 1. The molecule has 0 fully saturated rings. The quantitative estimate of drug-likeness (QED) is 0.317. The first-order valence-electron chi connectivity index (χ1n) is 11.9. The second-order valence-electron chi connectivity index (χ2n) is 10.3. The molecule has 36 heavy (non-hydrogen) atoms. The van der Waals surface area contributed by atoms with E-state index >= 15 is 0 Å². The molecule has 8 nitrogen and oxygen atoms in total. The summed E-state index contributed by atoms with van der Waals surface area (Å²) in [5.41, 5.74) is 10.5. The molecule has 1 aromatic heterocycles. The van der Waals surface area contributed by atoms with Crippen molar-refractivity contribution in [3.8, 4) is 0 Å². The highest BCUT2D eigenvalue weighted by Crippen LogP contribution is 2.47. The Bertz CT molecular complexity index is 1220. The number of Topliss-reactive ketones (excluding diaryl/α,β-unsaturated/α-hetero) is 1. The van der Waals surface area contributed by atoms with E-state index in [1.807, 2.05) is 40.7 Å². The number of carboxylic acids is 1. The molecule has 0 saturated heterocycles. The summed E-state index contributed by atoms with van der Waals surface area (Å²) in [6.07, 6.45) is 2.46. The number of hydrogen-bond acceptors (Lipinski definition) is 8. The summed E-state index contributed by atoms with van der Waals surface area (Å²) in [6, 6.07) is 3.31. The van der Waals surface area contributed by atoms with Gasteiger partial charge in [0.25, 0.3) is 0 Å². The number of carbonyl (C=O) groups is 2. The van der Waals surface area contributed by atoms with Gasteiger partial charge < -0.3 is 25.5 Å². The van der Waals surface area contributed by atoms with Gasteiger partial charge in [-0.25, -0.2) is 4.98 Å². The first-order valence-corrected chi connectivity index (χ1v) is 14.4. The lowest BCUT2D eigenvalue weighted by atomic mass is 9.80. The molecule has 1 unspecified atom stereocenters. The summed E-state index contributed by atoms with van der Waals surface area (Å²) in [5, 5.41) is 8.98. The van der Waals surface area contributed by atoms with Crippen molar-refractivity contribution in [2.24, 2.45) is 5.73 Å². The Kier molecular flexibility index (Phi) is 7.24. The summed E-state index contributed by atoms with van der Waals surface area (Å²) in [4.78, 5) is 34.6. The van der Waals surface area contributed by atoms with Crippen LogP contribution in [0, 0.1) is 0 Å². The highest BCUT2D eigenvalue weighted by molar-refractivity contribution is 8.76. The third-order valence-electron chi connectivity index (χ3n) is 7.26. The van der Waals surface area contributed by atoms with Crippen LogP contribution in [0.2, 0.25) is 0 Å². The maximum absolute atomic E-state index is 13.1. The number of aromatic nitrogens is 2. The minimum Gasteiger partial charge on any atom is -0.497 e. The van der Waals surface area contributed by atoms with Gasteiger partial charge in [0.2, 0.25) is 5.95 Å². The summed E-state index contributed by atoms with van der Waals surface area (Å²) < 4.78 is 5.59. The van der Waals surface area contributed by atoms with Gasteiger partial charge >= 0.3 is 5.97 Å². The normalized spacial score (nSPS) is 19.5. The van der Waals surface area contributed by atoms with Crippen LogP contribution < -0.4 is 10.6 Å². The Labute approximate surface area is 219 Å². The minimum absolute atomic E-state index is 0.228. The molecule has 2 aromatic rings. The third-order valence-corrected chi connectivity index (χ3v) is 9.58. The number of carbonyl (C=O) groups excluding carboxylic acids is 1. The van der Waals surface area contributed by atoms with E-state index in [-0.39, 0.29) is 5.78 Å². The number of nitrogens with two attached hydrogens (primary N) is 1. The van der Waals surface area contributed by atoms with Crippen LogP contribution in [0.1, 0.15) is 52.2 Å². The predicted molar refractivity (Wildman–Crippen MR) is 147 cm³/mol. The number of ketones is 1. The molecule has 1 aliphatic heterocycles. The molecule has 2 heterocycles. The number of aromatic amines is 1. The zero-order chi connectivity index (χ0) is 26.4. The molecule has 0 bridgehead atoms. The molecule has 1 aromatic carbocycles. The van der Waals surface area contributed by atoms with Gasteiger partial charge in [0, 0.05) is 40.2 Å². The fourth-order valence-electron chi connectivity index (χ4n) is 5.11. The standard InChI is InChI=1S/C26H34N4O4S2/c1-14-20(13-36-35-10-8-17(27)22(31)32)30(9-7-21(14)34-6)24-28-18-11-15-16(12-19(18)29-24)26(4,5)23(33)25(15,2)3/h7,11-12,17H,8-10,13,27H2,1-6H3,(H,28,29)(H,31,32). The smallest absolute Gasteiger partial charge is 0.320 e. The maximum Gasteiger partial charge on any atom is 0.320 e. The average Bonchev–Trinajstić information content (AvgIpc) is 3.30. The van der Waals surface area contributed by atoms with Crippen molar-refractivity contribution < 1.29 is 19.4 Å². The second kappa shape index (κ2) is 9.79. The van der Waals surface area contributed by atoms with Crippen molar-refractivity contribution in [1.29, 1.82) is 0 Å². The Morgan fingerprint density at radius 3 is 2.56 bits per heavy atom. The molecule has 0 spiro atoms. The monoisotopic (exact) mass is 530 g/mol. The van der Waals surface area contributed by atoms with Crippen LogP contribution in [0.25, 0.3) is 11.0 Å². The Balaban J connectivity index is 1.60. The number of imidazole rings is 1. The fourth-order valence-corrected chi connectivity index (χ4v) is 7.37. The largest absolute Gasteiger partial charge is 0.497 e. The number of H-pyrrole nitrogens is 1. The van der Waals surface area contributed by atoms with Crippen molar-refractivity contribution in [3.05, 3.63) is 46.4 Å². The van der Waals surface area contributed by atoms with Crippen molar-refractivity contribution >= 4 is 50.3 Å². The molecule has 2 aliphatic rings. The van der Waals surface area contributed by atoms with Gasteiger partial charge in [-0.05, 0) is 70.4 Å². The molecule has 194 valence electrons. The van der Waals surface area contributed by atoms with Gasteiger partial charge in [0.05, 0.1) is 18.1 Å². The highest BCUT2D eigenvalue weighted by Gasteiger charge is 2.50. The number of aliphatic carboxylic acids is 1. The minimum atomic E-state index is -0.973. The first-order chi connectivity index (χ1) is 16.9. The van der Waals surface area contributed by atoms with E-state index in [1.54, 1.807) is 28.7 Å². The zero-order valence-corrected chi connectivity index (χ0v) is 23.2. The molecule has 4 rings (SSSR count). The molecular weight excluding hydrogens is 496 g/mol. The number of ether oxygens (including phenoxy) is 1. The Morgan fingerprint density at radius 1 is 1.25 bits per heavy atom. The molecule has 1 aliphatic carbocycles. The van der Waals surface area contributed by atoms with Gasteiger partial charge in [0.15, 0.2) is 5.78 Å². The number of nitrogens with one attached hydrogen (secondary N) is 1. The predicted octanol–water partition coefficient (Wildman–Crippen LogP) is 4.51. The third kappa shape index (κ3) is 4.54. The van der Waals surface area contributed by atoms with Crippen molar-refractivity contribution in [3.63, 3.8) is 0 Å². The second-order valence-corrected chi connectivity index (χ2v) is 12.9. The van der Waals surface area contributed by atoms with Gasteiger partial charge in [0.1, 0.15) is 11.8 Å². The van der Waals surface area contributed by atoms with Crippen LogP contribution in [0.15, 0.2) is 35.2 Å². The summed E-state index contributed by atoms with van der Waals surface area (Å²) in [7, 11) is 4.94. The lowest BCUT2D eigenvalue weighted by Crippen LogP contribution is -2.33. The Hall–Kier alpha value is -2.43. The van der Waals surface area contributed by atoms with E-state index in [4.69, 9.17) is 20.6 Å². The molecule has 4 N–H and O–H groups in total. The van der Waals surface area contributed by atoms with Crippen molar-refractivity contribution in [2.45, 2.75) is 57.9 Å². The maximum atomic E-state index is 13.1. The van der Waals surface area contributed by atoms with Gasteiger partial charge in [-0.3, -0.25) is 9.59 Å². The van der Waals surface area contributed by atoms with Crippen LogP contribution in [0.3, 0.4) is 0 Å². The number of carboxylic acid groups (broad SMARTS) is 1. The van der Waals surface area contributed by atoms with E-state index in [2.05, 4.69) is 22.0 Å². The number of anilines is 1. The highest BCUT2D eigenvalue weighted by atomic mass is 33.1. The number of nitrogens with zero attached hydrogens (tertiary/aromatic N) is 2. The van der Waals surface area contributed by atoms with Crippen LogP contribution in [-0.4, -0.2) is 58.0 Å². The van der Waals surface area contributed by atoms with Crippen molar-refractivity contribution in [2.75, 3.05) is 30.1 Å². The number of methoxy groups -OCH3 is 1. The van der Waals surface area contributed by atoms with Gasteiger partial charge in [-0.15, -0.1) is 0 Å². The SMILES string of the molecule is COC1=CCN(c2nc3cc4c(cc3[nH]2)C(C)(C)C(=O)C4(C)C)C(CSSCCC(N)C(=O)O)=C1C. The van der Waals surface area contributed by atoms with Crippen LogP contribution in [0.4, 0.5) is 5.95 Å². The summed E-state index contributed by atoms with van der Waals surface area (Å²) in [5.74, 6) is 2.19. The number of rotatable bonds is 9. The fraction of sp³-hybridized carbons (Fsp3) is 0.500. The van der Waals surface area contributed by atoms with Crippen LogP contribution >= 0.6 is 21.6 Å². The van der Waals surface area contributed by atoms with E-state index < -0.39 is 22.8 Å². The summed E-state index contributed by atoms with van der Waals surface area (Å²) >= 11 is 0. The molecule has 0 saturated carbocycles. The first kappa shape index (κ1) is 26.6. The lowest BCUT2D eigenvalue weighted by molar-refractivity contribution is -0.138. The van der Waals surface area contributed by atoms with Crippen molar-refractivity contribution in [1.82, 2.24) is 9.97 Å². The van der Waals surface area contributed by atoms with Crippen LogP contribution in [0.5, 0.6) is 0 Å². The summed E-state index contributed by atoms with van der Waals surface area (Å²) in [6.45, 7) is 10.6. The number of fused-ring (bicyclic) bond motifs is 2. The number of allylic oxidation sites excluding steroid dienone is 1. The molecule has 1 atom stereocenters. The number of hydrogen-bond donors (Lipinski definition) is 3. The molecule has 10 heteroatoms. The molecular formula is C26H34N4O4S2. The van der Waals surface area contributed by atoms with E-state index in [1.165, 1.54) is 0 Å². The van der Waals surface area contributed by atoms with Gasteiger partial charge in [-0.1, -0.05) is 21.6 Å². The topological polar surface area (TPSA) is 122 Å². The Morgan fingerprint density at radius 2 is 1.92 bits per heavy atom. The lowest BCUT2D eigenvalue weighted by Gasteiger charge is -2.30. The zero-order valence-electron chi connectivity index (χ0n) is 21.6. The van der Waals surface area contributed by atoms with E-state index in [0.717, 1.165) is 45.1 Å². The van der Waals surface area contributed by atoms with Crippen LogP contribution in [-0.2, 0) is 25.2 Å². The van der Waals surface area contributed by atoms with E-state index in [0.29, 0.717) is 24.5 Å². The van der Waals surface area contributed by atoms with E-state index in [9.17, 15) is 9.59 Å². The molecule has 0 amide bonds. The van der Waals surface area contributed by atoms with Gasteiger partial charge in [-0.2, -0.15) is 0 Å². The molecule has 0 radical (unpaired) electrons. The average molecular weight is 531 g/mol.